The molecular weight excluding hydrogens is 334 g/mol. The molecule has 136 valence electrons. The molecule has 2 aromatic carbocycles. The van der Waals surface area contributed by atoms with E-state index in [1.807, 2.05) is 24.3 Å². The van der Waals surface area contributed by atoms with Crippen molar-refractivity contribution in [1.29, 1.82) is 0 Å². The lowest BCUT2D eigenvalue weighted by Crippen LogP contribution is -2.39. The number of esters is 1. The van der Waals surface area contributed by atoms with Gasteiger partial charge in [-0.2, -0.15) is 0 Å². The number of benzene rings is 2. The maximum atomic E-state index is 12.0. The van der Waals surface area contributed by atoms with E-state index in [4.69, 9.17) is 4.74 Å². The SMILES string of the molecule is COC(=O)CC(CO)NC(=O)OCc1cccc2c1Cc1ccccc1-2. The van der Waals surface area contributed by atoms with E-state index in [0.717, 1.165) is 17.5 Å². The van der Waals surface area contributed by atoms with Gasteiger partial charge in [0.05, 0.1) is 26.2 Å². The molecule has 2 aromatic rings. The second kappa shape index (κ2) is 8.01. The molecule has 0 fully saturated rings. The standard InChI is InChI=1S/C20H21NO5/c1-25-19(23)10-15(11-22)21-20(24)26-12-14-6-4-8-17-16-7-3-2-5-13(16)9-18(14)17/h2-8,15,22H,9-12H2,1H3,(H,21,24). The zero-order valence-electron chi connectivity index (χ0n) is 14.5. The largest absolute Gasteiger partial charge is 0.469 e. The van der Waals surface area contributed by atoms with Gasteiger partial charge in [0, 0.05) is 0 Å². The number of rotatable bonds is 6. The predicted octanol–water partition coefficient (Wildman–Crippen LogP) is 2.41. The zero-order valence-corrected chi connectivity index (χ0v) is 14.5. The van der Waals surface area contributed by atoms with Gasteiger partial charge in [0.2, 0.25) is 0 Å². The average molecular weight is 355 g/mol. The van der Waals surface area contributed by atoms with Gasteiger partial charge in [-0.3, -0.25) is 4.79 Å². The highest BCUT2D eigenvalue weighted by Gasteiger charge is 2.21. The number of amides is 1. The monoisotopic (exact) mass is 355 g/mol. The number of alkyl carbamates (subject to hydrolysis) is 1. The smallest absolute Gasteiger partial charge is 0.407 e. The first-order valence-electron chi connectivity index (χ1n) is 8.42. The minimum absolute atomic E-state index is 0.113. The molecule has 1 aliphatic carbocycles. The van der Waals surface area contributed by atoms with Crippen LogP contribution in [0.5, 0.6) is 0 Å². The highest BCUT2D eigenvalue weighted by molar-refractivity contribution is 5.78. The van der Waals surface area contributed by atoms with Gasteiger partial charge in [-0.25, -0.2) is 4.79 Å². The summed E-state index contributed by atoms with van der Waals surface area (Å²) in [5.41, 5.74) is 5.75. The lowest BCUT2D eigenvalue weighted by Gasteiger charge is -2.15. The number of hydrogen-bond donors (Lipinski definition) is 2. The third kappa shape index (κ3) is 3.86. The molecule has 2 N–H and O–H groups in total. The zero-order chi connectivity index (χ0) is 18.5. The van der Waals surface area contributed by atoms with Crippen LogP contribution in [0.2, 0.25) is 0 Å². The molecule has 1 aliphatic rings. The Bertz CT molecular complexity index is 818. The topological polar surface area (TPSA) is 84.9 Å². The fraction of sp³-hybridized carbons (Fsp3) is 0.300. The molecule has 3 rings (SSSR count). The van der Waals surface area contributed by atoms with Crippen molar-refractivity contribution >= 4 is 12.1 Å². The number of ether oxygens (including phenoxy) is 2. The Kier molecular flexibility index (Phi) is 5.53. The Morgan fingerprint density at radius 1 is 1.15 bits per heavy atom. The molecule has 0 radical (unpaired) electrons. The first kappa shape index (κ1) is 17.9. The molecule has 0 aliphatic heterocycles. The summed E-state index contributed by atoms with van der Waals surface area (Å²) in [5, 5.41) is 11.7. The van der Waals surface area contributed by atoms with Crippen LogP contribution in [0.1, 0.15) is 23.1 Å². The van der Waals surface area contributed by atoms with Crippen LogP contribution in [-0.2, 0) is 27.3 Å². The summed E-state index contributed by atoms with van der Waals surface area (Å²) < 4.78 is 9.82. The molecule has 6 nitrogen and oxygen atoms in total. The number of methoxy groups -OCH3 is 1. The molecule has 0 spiro atoms. The van der Waals surface area contributed by atoms with Crippen LogP contribution in [0.3, 0.4) is 0 Å². The molecule has 1 atom stereocenters. The summed E-state index contributed by atoms with van der Waals surface area (Å²) >= 11 is 0. The van der Waals surface area contributed by atoms with Crippen LogP contribution < -0.4 is 5.32 Å². The summed E-state index contributed by atoms with van der Waals surface area (Å²) in [6.45, 7) is -0.250. The fourth-order valence-electron chi connectivity index (χ4n) is 3.16. The first-order chi connectivity index (χ1) is 12.6. The van der Waals surface area contributed by atoms with Crippen molar-refractivity contribution in [3.05, 3.63) is 59.2 Å². The van der Waals surface area contributed by atoms with Gasteiger partial charge in [0.15, 0.2) is 0 Å². The van der Waals surface area contributed by atoms with Crippen LogP contribution in [0.15, 0.2) is 42.5 Å². The van der Waals surface area contributed by atoms with Gasteiger partial charge in [0.25, 0.3) is 0 Å². The van der Waals surface area contributed by atoms with Gasteiger partial charge in [-0.1, -0.05) is 42.5 Å². The van der Waals surface area contributed by atoms with Crippen molar-refractivity contribution < 1.29 is 24.2 Å². The highest BCUT2D eigenvalue weighted by Crippen LogP contribution is 2.38. The van der Waals surface area contributed by atoms with Crippen LogP contribution in [-0.4, -0.2) is 36.9 Å². The maximum Gasteiger partial charge on any atom is 0.407 e. The van der Waals surface area contributed by atoms with Gasteiger partial charge >= 0.3 is 12.1 Å². The number of aliphatic hydroxyl groups excluding tert-OH is 1. The van der Waals surface area contributed by atoms with Gasteiger partial charge < -0.3 is 19.9 Å². The molecule has 6 heteroatoms. The molecule has 0 saturated heterocycles. The van der Waals surface area contributed by atoms with E-state index < -0.39 is 18.1 Å². The van der Waals surface area contributed by atoms with E-state index in [1.54, 1.807) is 0 Å². The Morgan fingerprint density at radius 3 is 2.69 bits per heavy atom. The Labute approximate surface area is 151 Å². The molecule has 0 heterocycles. The van der Waals surface area contributed by atoms with Crippen LogP contribution >= 0.6 is 0 Å². The van der Waals surface area contributed by atoms with Gasteiger partial charge in [-0.05, 0) is 34.2 Å². The van der Waals surface area contributed by atoms with Crippen LogP contribution in [0.4, 0.5) is 4.79 Å². The molecule has 0 saturated carbocycles. The van der Waals surface area contributed by atoms with Crippen molar-refractivity contribution in [2.24, 2.45) is 0 Å². The normalized spacial score (nSPS) is 12.7. The third-order valence-electron chi connectivity index (χ3n) is 4.49. The van der Waals surface area contributed by atoms with Crippen molar-refractivity contribution in [3.63, 3.8) is 0 Å². The van der Waals surface area contributed by atoms with E-state index >= 15 is 0 Å². The van der Waals surface area contributed by atoms with Gasteiger partial charge in [-0.15, -0.1) is 0 Å². The van der Waals surface area contributed by atoms with E-state index in [9.17, 15) is 14.7 Å². The second-order valence-electron chi connectivity index (χ2n) is 6.16. The van der Waals surface area contributed by atoms with E-state index in [2.05, 4.69) is 28.3 Å². The summed E-state index contributed by atoms with van der Waals surface area (Å²) in [4.78, 5) is 23.2. The average Bonchev–Trinajstić information content (AvgIpc) is 3.05. The van der Waals surface area contributed by atoms with Crippen LogP contribution in [0, 0.1) is 0 Å². The Morgan fingerprint density at radius 2 is 1.92 bits per heavy atom. The lowest BCUT2D eigenvalue weighted by atomic mass is 10.0. The second-order valence-corrected chi connectivity index (χ2v) is 6.16. The van der Waals surface area contributed by atoms with E-state index in [-0.39, 0.29) is 19.6 Å². The number of aliphatic hydroxyl groups is 1. The summed E-state index contributed by atoms with van der Waals surface area (Å²) in [5.74, 6) is -0.511. The molecular formula is C20H21NO5. The summed E-state index contributed by atoms with van der Waals surface area (Å²) in [6, 6.07) is 13.5. The maximum absolute atomic E-state index is 12.0. The fourth-order valence-corrected chi connectivity index (χ4v) is 3.16. The lowest BCUT2D eigenvalue weighted by molar-refractivity contribution is -0.141. The number of carbonyl (C=O) groups is 2. The van der Waals surface area contributed by atoms with Crippen molar-refractivity contribution in [3.8, 4) is 11.1 Å². The number of nitrogens with one attached hydrogen (secondary N) is 1. The highest BCUT2D eigenvalue weighted by atomic mass is 16.5. The number of hydrogen-bond acceptors (Lipinski definition) is 5. The number of carbonyl (C=O) groups excluding carboxylic acids is 2. The first-order valence-corrected chi connectivity index (χ1v) is 8.42. The molecule has 1 unspecified atom stereocenters. The van der Waals surface area contributed by atoms with Gasteiger partial charge in [0.1, 0.15) is 6.61 Å². The van der Waals surface area contributed by atoms with Crippen LogP contribution in [0.25, 0.3) is 11.1 Å². The summed E-state index contributed by atoms with van der Waals surface area (Å²) in [7, 11) is 1.25. The minimum Gasteiger partial charge on any atom is -0.469 e. The molecule has 0 aromatic heterocycles. The number of fused-ring (bicyclic) bond motifs is 3. The summed E-state index contributed by atoms with van der Waals surface area (Å²) in [6.07, 6.45) is 0.0212. The Hall–Kier alpha value is -2.86. The van der Waals surface area contributed by atoms with E-state index in [1.165, 1.54) is 23.8 Å². The molecule has 0 bridgehead atoms. The molecule has 26 heavy (non-hydrogen) atoms. The third-order valence-corrected chi connectivity index (χ3v) is 4.49. The Balaban J connectivity index is 1.63. The van der Waals surface area contributed by atoms with Crippen molar-refractivity contribution in [2.75, 3.05) is 13.7 Å². The quantitative estimate of drug-likeness (QED) is 0.663. The molecule has 1 amide bonds. The van der Waals surface area contributed by atoms with Crippen molar-refractivity contribution in [2.45, 2.75) is 25.5 Å². The predicted molar refractivity (Wildman–Crippen MR) is 95.5 cm³/mol. The van der Waals surface area contributed by atoms with E-state index in [0.29, 0.717) is 0 Å². The minimum atomic E-state index is -0.735. The van der Waals surface area contributed by atoms with Crippen molar-refractivity contribution in [1.82, 2.24) is 5.32 Å².